The van der Waals surface area contributed by atoms with Crippen LogP contribution in [0, 0.1) is 5.41 Å². The van der Waals surface area contributed by atoms with Gasteiger partial charge in [0.1, 0.15) is 0 Å². The Morgan fingerprint density at radius 3 is 2.56 bits per heavy atom. The minimum Gasteiger partial charge on any atom is -0.394 e. The Hall–Kier alpha value is -0.160. The number of nitrogens with two attached hydrogens (primary N) is 1. The Bertz CT molecular complexity index is 216. The molecule has 1 aliphatic rings. The number of aliphatic hydroxyl groups excluding tert-OH is 1. The third-order valence-corrected chi connectivity index (χ3v) is 3.38. The molecule has 4 nitrogen and oxygen atoms in total. The van der Waals surface area contributed by atoms with Gasteiger partial charge in [-0.15, -0.1) is 0 Å². The highest BCUT2D eigenvalue weighted by Crippen LogP contribution is 2.27. The number of hydrogen-bond acceptors (Lipinski definition) is 4. The molecule has 1 aliphatic heterocycles. The molecule has 0 saturated carbocycles. The summed E-state index contributed by atoms with van der Waals surface area (Å²) in [7, 11) is 0. The Morgan fingerprint density at radius 2 is 2.12 bits per heavy atom. The summed E-state index contributed by atoms with van der Waals surface area (Å²) in [5.41, 5.74) is 6.05. The van der Waals surface area contributed by atoms with Gasteiger partial charge in [0.15, 0.2) is 0 Å². The largest absolute Gasteiger partial charge is 0.394 e. The van der Waals surface area contributed by atoms with Crippen LogP contribution < -0.4 is 5.73 Å². The van der Waals surface area contributed by atoms with Gasteiger partial charge in [0.05, 0.1) is 19.3 Å². The molecule has 0 spiro atoms. The van der Waals surface area contributed by atoms with Crippen LogP contribution >= 0.6 is 0 Å². The Labute approximate surface area is 98.8 Å². The first kappa shape index (κ1) is 13.9. The van der Waals surface area contributed by atoms with Gasteiger partial charge in [0.25, 0.3) is 0 Å². The Kier molecular flexibility index (Phi) is 4.73. The van der Waals surface area contributed by atoms with E-state index in [9.17, 15) is 0 Å². The van der Waals surface area contributed by atoms with Gasteiger partial charge in [-0.1, -0.05) is 20.8 Å². The summed E-state index contributed by atoms with van der Waals surface area (Å²) in [5.74, 6) is 0. The van der Waals surface area contributed by atoms with Crippen LogP contribution in [0.1, 0.15) is 27.7 Å². The molecule has 0 amide bonds. The van der Waals surface area contributed by atoms with Crippen LogP contribution in [0.2, 0.25) is 0 Å². The zero-order valence-electron chi connectivity index (χ0n) is 10.9. The number of aliphatic hydroxyl groups is 1. The van der Waals surface area contributed by atoms with Gasteiger partial charge in [-0.25, -0.2) is 0 Å². The molecule has 1 saturated heterocycles. The predicted octanol–water partition coefficient (Wildman–Crippen LogP) is 0.441. The summed E-state index contributed by atoms with van der Waals surface area (Å²) in [6.45, 7) is 11.0. The lowest BCUT2D eigenvalue weighted by atomic mass is 9.84. The number of ether oxygens (including phenoxy) is 1. The normalized spacial score (nSPS) is 30.4. The van der Waals surface area contributed by atoms with Crippen molar-refractivity contribution >= 4 is 0 Å². The van der Waals surface area contributed by atoms with Crippen molar-refractivity contribution in [3.63, 3.8) is 0 Å². The maximum absolute atomic E-state index is 9.17. The molecule has 0 aromatic heterocycles. The molecule has 3 unspecified atom stereocenters. The van der Waals surface area contributed by atoms with E-state index in [4.69, 9.17) is 15.6 Å². The molecule has 0 aliphatic carbocycles. The fourth-order valence-corrected chi connectivity index (χ4v) is 2.37. The molecule has 4 heteroatoms. The maximum Gasteiger partial charge on any atom is 0.0933 e. The molecular weight excluding hydrogens is 204 g/mol. The molecule has 0 aromatic rings. The summed E-state index contributed by atoms with van der Waals surface area (Å²) in [6, 6.07) is 0.705. The number of rotatable bonds is 3. The lowest BCUT2D eigenvalue weighted by Gasteiger charge is -2.46. The molecule has 0 aromatic carbocycles. The van der Waals surface area contributed by atoms with E-state index in [-0.39, 0.29) is 18.1 Å². The van der Waals surface area contributed by atoms with Crippen molar-refractivity contribution < 1.29 is 9.84 Å². The monoisotopic (exact) mass is 230 g/mol. The average Bonchev–Trinajstić information content (AvgIpc) is 2.20. The van der Waals surface area contributed by atoms with Crippen LogP contribution in [0.25, 0.3) is 0 Å². The van der Waals surface area contributed by atoms with Gasteiger partial charge in [-0.05, 0) is 12.3 Å². The molecule has 1 heterocycles. The van der Waals surface area contributed by atoms with Crippen molar-refractivity contribution in [3.05, 3.63) is 0 Å². The maximum atomic E-state index is 9.17. The van der Waals surface area contributed by atoms with E-state index in [1.807, 2.05) is 0 Å². The van der Waals surface area contributed by atoms with Gasteiger partial charge in [-0.3, -0.25) is 4.90 Å². The van der Waals surface area contributed by atoms with Crippen LogP contribution in [0.3, 0.4) is 0 Å². The van der Waals surface area contributed by atoms with Gasteiger partial charge in [0.2, 0.25) is 0 Å². The van der Waals surface area contributed by atoms with E-state index >= 15 is 0 Å². The molecule has 3 N–H and O–H groups in total. The molecule has 1 rings (SSSR count). The molecule has 0 bridgehead atoms. The predicted molar refractivity (Wildman–Crippen MR) is 65.3 cm³/mol. The first-order valence-electron chi connectivity index (χ1n) is 6.08. The van der Waals surface area contributed by atoms with E-state index in [0.717, 1.165) is 6.54 Å². The minimum absolute atomic E-state index is 0.0624. The lowest BCUT2D eigenvalue weighted by molar-refractivity contribution is -0.103. The third-order valence-electron chi connectivity index (χ3n) is 3.38. The van der Waals surface area contributed by atoms with E-state index in [1.165, 1.54) is 0 Å². The van der Waals surface area contributed by atoms with Gasteiger partial charge >= 0.3 is 0 Å². The lowest BCUT2D eigenvalue weighted by Crippen LogP contribution is -2.59. The average molecular weight is 230 g/mol. The number of hydrogen-bond donors (Lipinski definition) is 2. The molecule has 96 valence electrons. The van der Waals surface area contributed by atoms with Crippen molar-refractivity contribution in [2.75, 3.05) is 26.3 Å². The highest BCUT2D eigenvalue weighted by atomic mass is 16.5. The molecule has 1 fully saturated rings. The smallest absolute Gasteiger partial charge is 0.0933 e. The van der Waals surface area contributed by atoms with Crippen LogP contribution in [0.15, 0.2) is 0 Å². The van der Waals surface area contributed by atoms with Crippen molar-refractivity contribution in [1.29, 1.82) is 0 Å². The van der Waals surface area contributed by atoms with Gasteiger partial charge in [-0.2, -0.15) is 0 Å². The summed E-state index contributed by atoms with van der Waals surface area (Å²) >= 11 is 0. The van der Waals surface area contributed by atoms with Crippen LogP contribution in [-0.4, -0.2) is 54.5 Å². The Balaban J connectivity index is 2.74. The molecular formula is C12H26N2O2. The first-order chi connectivity index (χ1) is 7.40. The van der Waals surface area contributed by atoms with Crippen molar-refractivity contribution in [3.8, 4) is 0 Å². The first-order valence-corrected chi connectivity index (χ1v) is 6.08. The molecule has 3 atom stereocenters. The van der Waals surface area contributed by atoms with Gasteiger partial charge in [0, 0.05) is 25.2 Å². The number of morpholine rings is 1. The highest BCUT2D eigenvalue weighted by Gasteiger charge is 2.36. The van der Waals surface area contributed by atoms with Crippen molar-refractivity contribution in [1.82, 2.24) is 4.90 Å². The summed E-state index contributed by atoms with van der Waals surface area (Å²) < 4.78 is 5.54. The number of nitrogens with zero attached hydrogens (tertiary/aromatic N) is 1. The third kappa shape index (κ3) is 3.17. The van der Waals surface area contributed by atoms with Crippen LogP contribution in [0.5, 0.6) is 0 Å². The summed E-state index contributed by atoms with van der Waals surface area (Å²) in [5, 5.41) is 9.17. The van der Waals surface area contributed by atoms with E-state index < -0.39 is 0 Å². The zero-order valence-corrected chi connectivity index (χ0v) is 10.9. The summed E-state index contributed by atoms with van der Waals surface area (Å²) in [6.07, 6.45) is -0.0624. The van der Waals surface area contributed by atoms with Crippen LogP contribution in [0.4, 0.5) is 0 Å². The van der Waals surface area contributed by atoms with Crippen LogP contribution in [-0.2, 0) is 4.74 Å². The quantitative estimate of drug-likeness (QED) is 0.739. The SMILES string of the molecule is CC1COC(CO)CN1C(CN)C(C)(C)C. The zero-order chi connectivity index (χ0) is 12.3. The molecule has 16 heavy (non-hydrogen) atoms. The minimum atomic E-state index is -0.0624. The highest BCUT2D eigenvalue weighted by molar-refractivity contribution is 4.90. The second-order valence-electron chi connectivity index (χ2n) is 5.80. The van der Waals surface area contributed by atoms with Crippen molar-refractivity contribution in [2.24, 2.45) is 11.1 Å². The van der Waals surface area contributed by atoms with Gasteiger partial charge < -0.3 is 15.6 Å². The fourth-order valence-electron chi connectivity index (χ4n) is 2.37. The Morgan fingerprint density at radius 1 is 1.50 bits per heavy atom. The topological polar surface area (TPSA) is 58.7 Å². The second kappa shape index (κ2) is 5.45. The van der Waals surface area contributed by atoms with E-state index in [1.54, 1.807) is 0 Å². The second-order valence-corrected chi connectivity index (χ2v) is 5.80. The van der Waals surface area contributed by atoms with E-state index in [0.29, 0.717) is 25.2 Å². The fraction of sp³-hybridized carbons (Fsp3) is 1.00. The molecule has 0 radical (unpaired) electrons. The standard InChI is InChI=1S/C12H26N2O2/c1-9-8-16-10(7-15)6-14(9)11(5-13)12(2,3)4/h9-11,15H,5-8,13H2,1-4H3. The summed E-state index contributed by atoms with van der Waals surface area (Å²) in [4.78, 5) is 2.38. The van der Waals surface area contributed by atoms with Crippen molar-refractivity contribution in [2.45, 2.75) is 45.9 Å². The van der Waals surface area contributed by atoms with E-state index in [2.05, 4.69) is 32.6 Å².